The maximum absolute atomic E-state index is 12.6. The Bertz CT molecular complexity index is 500. The molecule has 0 unspecified atom stereocenters. The number of hydrogen-bond acceptors (Lipinski definition) is 2. The third-order valence-electron chi connectivity index (χ3n) is 1.43. The zero-order valence-corrected chi connectivity index (χ0v) is 12.5. The van der Waals surface area contributed by atoms with E-state index >= 15 is 0 Å². The van der Waals surface area contributed by atoms with Crippen molar-refractivity contribution in [3.63, 3.8) is 0 Å². The molecule has 0 bridgehead atoms. The summed E-state index contributed by atoms with van der Waals surface area (Å²) in [5, 5.41) is 0. The molecule has 1 N–H and O–H groups in total. The molecule has 0 heterocycles. The smallest absolute Gasteiger partial charge is 0.282 e. The van der Waals surface area contributed by atoms with Crippen molar-refractivity contribution < 1.29 is 34.9 Å². The SMILES string of the molecule is O=S(=O)(O)c1c(F)c(F)c(F)c(F)c1F.[Ba]. The van der Waals surface area contributed by atoms with Gasteiger partial charge in [-0.1, -0.05) is 0 Å². The molecule has 0 saturated carbocycles. The molecular formula is C6HBaF5O3S. The minimum atomic E-state index is -5.52. The van der Waals surface area contributed by atoms with Gasteiger partial charge in [-0.15, -0.1) is 0 Å². The third-order valence-corrected chi connectivity index (χ3v) is 2.30. The fraction of sp³-hybridized carbons (Fsp3) is 0. The van der Waals surface area contributed by atoms with Crippen LogP contribution in [0.15, 0.2) is 4.90 Å². The predicted molar refractivity (Wildman–Crippen MR) is 41.8 cm³/mol. The first-order valence-corrected chi connectivity index (χ1v) is 4.61. The molecule has 0 aliphatic rings. The van der Waals surface area contributed by atoms with Crippen LogP contribution in [0.4, 0.5) is 22.0 Å². The van der Waals surface area contributed by atoms with Crippen molar-refractivity contribution in [2.75, 3.05) is 0 Å². The van der Waals surface area contributed by atoms with Gasteiger partial charge >= 0.3 is 10.1 Å². The second-order valence-electron chi connectivity index (χ2n) is 2.37. The Labute approximate surface area is 126 Å². The fourth-order valence-corrected chi connectivity index (χ4v) is 1.44. The molecule has 1 rings (SSSR count). The molecule has 0 saturated heterocycles. The summed E-state index contributed by atoms with van der Waals surface area (Å²) in [6, 6.07) is 0. The molecule has 0 aliphatic carbocycles. The van der Waals surface area contributed by atoms with Gasteiger partial charge in [-0.3, -0.25) is 4.55 Å². The van der Waals surface area contributed by atoms with E-state index in [0.717, 1.165) is 0 Å². The fourth-order valence-electron chi connectivity index (χ4n) is 0.811. The number of halogens is 5. The van der Waals surface area contributed by atoms with Crippen molar-refractivity contribution in [3.8, 4) is 0 Å². The van der Waals surface area contributed by atoms with Crippen LogP contribution < -0.4 is 0 Å². The van der Waals surface area contributed by atoms with Gasteiger partial charge < -0.3 is 0 Å². The second kappa shape index (κ2) is 5.33. The van der Waals surface area contributed by atoms with Gasteiger partial charge in [0.05, 0.1) is 0 Å². The van der Waals surface area contributed by atoms with Gasteiger partial charge in [-0.2, -0.15) is 8.42 Å². The summed E-state index contributed by atoms with van der Waals surface area (Å²) in [5.41, 5.74) is 0. The van der Waals surface area contributed by atoms with Crippen LogP contribution in [0.5, 0.6) is 0 Å². The average Bonchev–Trinajstić information content (AvgIpc) is 2.09. The van der Waals surface area contributed by atoms with E-state index in [1.54, 1.807) is 0 Å². The summed E-state index contributed by atoms with van der Waals surface area (Å²) in [6.07, 6.45) is 0. The Kier molecular flexibility index (Phi) is 5.45. The summed E-state index contributed by atoms with van der Waals surface area (Å²) < 4.78 is 91.3. The molecule has 86 valence electrons. The van der Waals surface area contributed by atoms with E-state index in [9.17, 15) is 30.4 Å². The molecule has 0 atom stereocenters. The van der Waals surface area contributed by atoms with Crippen LogP contribution in [0.25, 0.3) is 0 Å². The Balaban J connectivity index is 0.00000225. The average molecular weight is 385 g/mol. The van der Waals surface area contributed by atoms with Crippen molar-refractivity contribution >= 4 is 59.0 Å². The summed E-state index contributed by atoms with van der Waals surface area (Å²) in [6.45, 7) is 0. The third kappa shape index (κ3) is 2.78. The van der Waals surface area contributed by atoms with Crippen LogP contribution in [-0.4, -0.2) is 61.9 Å². The molecule has 2 radical (unpaired) electrons. The largest absolute Gasteiger partial charge is 0.300 e. The van der Waals surface area contributed by atoms with E-state index in [1.165, 1.54) is 0 Å². The van der Waals surface area contributed by atoms with Gasteiger partial charge in [0.1, 0.15) is 0 Å². The monoisotopic (exact) mass is 386 g/mol. The molecule has 0 amide bonds. The van der Waals surface area contributed by atoms with Gasteiger partial charge in [0.2, 0.25) is 5.82 Å². The van der Waals surface area contributed by atoms with Crippen LogP contribution in [-0.2, 0) is 10.1 Å². The molecule has 0 aliphatic heterocycles. The Morgan fingerprint density at radius 3 is 1.25 bits per heavy atom. The Hall–Kier alpha value is 0.351. The van der Waals surface area contributed by atoms with Crippen LogP contribution in [0, 0.1) is 29.1 Å². The zero-order chi connectivity index (χ0) is 12.0. The summed E-state index contributed by atoms with van der Waals surface area (Å²) in [7, 11) is -5.52. The molecule has 16 heavy (non-hydrogen) atoms. The first-order valence-electron chi connectivity index (χ1n) is 3.16. The molecule has 3 nitrogen and oxygen atoms in total. The number of rotatable bonds is 1. The maximum Gasteiger partial charge on any atom is 0.300 e. The van der Waals surface area contributed by atoms with Crippen molar-refractivity contribution in [2.45, 2.75) is 4.90 Å². The van der Waals surface area contributed by atoms with E-state index in [-0.39, 0.29) is 48.9 Å². The zero-order valence-electron chi connectivity index (χ0n) is 7.27. The minimum absolute atomic E-state index is 0. The predicted octanol–water partition coefficient (Wildman–Crippen LogP) is 1.25. The number of benzene rings is 1. The van der Waals surface area contributed by atoms with E-state index in [4.69, 9.17) is 4.55 Å². The first kappa shape index (κ1) is 16.4. The van der Waals surface area contributed by atoms with E-state index in [1.807, 2.05) is 0 Å². The van der Waals surface area contributed by atoms with E-state index in [2.05, 4.69) is 0 Å². The molecule has 1 aromatic rings. The molecule has 0 spiro atoms. The van der Waals surface area contributed by atoms with Crippen molar-refractivity contribution in [1.29, 1.82) is 0 Å². The van der Waals surface area contributed by atoms with Gasteiger partial charge in [0.25, 0.3) is 0 Å². The Morgan fingerprint density at radius 2 is 1.00 bits per heavy atom. The standard InChI is InChI=1S/C6HF5O3S.Ba/c7-1-2(8)4(10)6(15(12,13)14)5(11)3(1)9;/h(H,12,13,14);. The molecule has 10 heteroatoms. The summed E-state index contributed by atoms with van der Waals surface area (Å²) in [5.74, 6) is -12.6. The van der Waals surface area contributed by atoms with Crippen LogP contribution >= 0.6 is 0 Å². The van der Waals surface area contributed by atoms with E-state index in [0.29, 0.717) is 0 Å². The van der Waals surface area contributed by atoms with Crippen LogP contribution in [0.3, 0.4) is 0 Å². The molecule has 0 fully saturated rings. The summed E-state index contributed by atoms with van der Waals surface area (Å²) in [4.78, 5) is -2.26. The molecule has 0 aromatic heterocycles. The van der Waals surface area contributed by atoms with Crippen molar-refractivity contribution in [2.24, 2.45) is 0 Å². The summed E-state index contributed by atoms with van der Waals surface area (Å²) >= 11 is 0. The van der Waals surface area contributed by atoms with Gasteiger partial charge in [-0.05, 0) is 0 Å². The minimum Gasteiger partial charge on any atom is -0.282 e. The second-order valence-corrected chi connectivity index (χ2v) is 3.73. The number of hydrogen-bond donors (Lipinski definition) is 1. The van der Waals surface area contributed by atoms with E-state index < -0.39 is 44.1 Å². The van der Waals surface area contributed by atoms with Crippen LogP contribution in [0.2, 0.25) is 0 Å². The van der Waals surface area contributed by atoms with Gasteiger partial charge in [0, 0.05) is 48.9 Å². The first-order chi connectivity index (χ1) is 6.68. The van der Waals surface area contributed by atoms with Crippen molar-refractivity contribution in [3.05, 3.63) is 29.1 Å². The van der Waals surface area contributed by atoms with Crippen LogP contribution in [0.1, 0.15) is 0 Å². The Morgan fingerprint density at radius 1 is 0.750 bits per heavy atom. The van der Waals surface area contributed by atoms with Gasteiger partial charge in [-0.25, -0.2) is 22.0 Å². The quantitative estimate of drug-likeness (QED) is 0.260. The molecule has 1 aromatic carbocycles. The molecular weight excluding hydrogens is 384 g/mol. The maximum atomic E-state index is 12.6. The van der Waals surface area contributed by atoms with Gasteiger partial charge in [0.15, 0.2) is 28.2 Å². The topological polar surface area (TPSA) is 54.4 Å². The normalized spacial score (nSPS) is 11.1. The van der Waals surface area contributed by atoms with Crippen molar-refractivity contribution in [1.82, 2.24) is 0 Å².